The number of nitrogens with zero attached hydrogens (tertiary/aromatic N) is 4. The van der Waals surface area contributed by atoms with Crippen molar-refractivity contribution < 1.29 is 48.7 Å². The first-order valence-electron chi connectivity index (χ1n) is 16.2. The number of hydrogen-bond acceptors (Lipinski definition) is 7. The Hall–Kier alpha value is -5.43. The molecule has 0 spiro atoms. The third kappa shape index (κ3) is 7.63. The number of fused-ring (bicyclic) bond motifs is 1. The highest BCUT2D eigenvalue weighted by Gasteiger charge is 2.51. The molecular formula is C35H30F7N7O4S. The van der Waals surface area contributed by atoms with Gasteiger partial charge in [-0.25, -0.2) is 27.5 Å². The summed E-state index contributed by atoms with van der Waals surface area (Å²) in [7, 11) is -2.54. The molecule has 2 amide bonds. The van der Waals surface area contributed by atoms with E-state index >= 15 is 0 Å². The smallest absolute Gasteiger partial charge is 0.338 e. The highest BCUT2D eigenvalue weighted by molar-refractivity contribution is 7.89. The fourth-order valence-electron chi connectivity index (χ4n) is 6.43. The number of hydrogen-bond donors (Lipinski definition) is 3. The second kappa shape index (κ2) is 14.1. The summed E-state index contributed by atoms with van der Waals surface area (Å²) in [6, 6.07) is 12.8. The monoisotopic (exact) mass is 777 g/mol. The van der Waals surface area contributed by atoms with Gasteiger partial charge in [0.1, 0.15) is 11.4 Å². The molecule has 1 saturated heterocycles. The first-order chi connectivity index (χ1) is 25.3. The lowest BCUT2D eigenvalue weighted by molar-refractivity contribution is -0.140. The predicted molar refractivity (Wildman–Crippen MR) is 178 cm³/mol. The van der Waals surface area contributed by atoms with Gasteiger partial charge in [-0.2, -0.15) is 26.3 Å². The van der Waals surface area contributed by atoms with Gasteiger partial charge >= 0.3 is 12.4 Å². The van der Waals surface area contributed by atoms with Crippen LogP contribution >= 0.6 is 0 Å². The minimum absolute atomic E-state index is 0.00615. The van der Waals surface area contributed by atoms with Crippen LogP contribution in [0.25, 0.3) is 11.4 Å². The lowest BCUT2D eigenvalue weighted by Crippen LogP contribution is -2.44. The molecule has 0 saturated carbocycles. The largest absolute Gasteiger partial charge is 0.417 e. The highest BCUT2D eigenvalue weighted by atomic mass is 32.2. The van der Waals surface area contributed by atoms with Crippen molar-refractivity contribution in [3.63, 3.8) is 0 Å². The molecule has 3 heterocycles. The molecular weight excluding hydrogens is 747 g/mol. The Morgan fingerprint density at radius 2 is 1.74 bits per heavy atom. The Kier molecular flexibility index (Phi) is 9.99. The van der Waals surface area contributed by atoms with Gasteiger partial charge in [0.05, 0.1) is 34.8 Å². The molecule has 0 radical (unpaired) electrons. The number of guanidine groups is 1. The van der Waals surface area contributed by atoms with Gasteiger partial charge in [0.2, 0.25) is 10.0 Å². The van der Waals surface area contributed by atoms with Gasteiger partial charge in [-0.1, -0.05) is 30.3 Å². The van der Waals surface area contributed by atoms with E-state index in [1.807, 2.05) is 0 Å². The van der Waals surface area contributed by atoms with Crippen LogP contribution in [-0.4, -0.2) is 59.2 Å². The summed E-state index contributed by atoms with van der Waals surface area (Å²) >= 11 is 0. The van der Waals surface area contributed by atoms with Crippen molar-refractivity contribution in [3.8, 4) is 11.4 Å². The first kappa shape index (κ1) is 38.3. The van der Waals surface area contributed by atoms with E-state index in [2.05, 4.69) is 20.0 Å². The van der Waals surface area contributed by atoms with Gasteiger partial charge in [-0.05, 0) is 67.4 Å². The molecule has 0 unspecified atom stereocenters. The molecule has 2 aliphatic rings. The van der Waals surface area contributed by atoms with Crippen molar-refractivity contribution in [1.82, 2.24) is 29.8 Å². The molecule has 11 nitrogen and oxygen atoms in total. The fourth-order valence-corrected chi connectivity index (χ4v) is 7.20. The third-order valence-electron chi connectivity index (χ3n) is 9.14. The molecule has 3 aromatic carbocycles. The van der Waals surface area contributed by atoms with Crippen molar-refractivity contribution >= 4 is 27.8 Å². The Morgan fingerprint density at radius 1 is 1.02 bits per heavy atom. The Bertz CT molecular complexity index is 2250. The number of aromatic nitrogens is 2. The van der Waals surface area contributed by atoms with Crippen molar-refractivity contribution in [2.45, 2.75) is 61.7 Å². The number of nitrogens with one attached hydrogen (secondary N) is 3. The van der Waals surface area contributed by atoms with E-state index in [0.29, 0.717) is 22.9 Å². The van der Waals surface area contributed by atoms with Crippen molar-refractivity contribution in [3.05, 3.63) is 112 Å². The van der Waals surface area contributed by atoms with E-state index in [-0.39, 0.29) is 34.9 Å². The molecule has 4 aromatic rings. The second-order valence-corrected chi connectivity index (χ2v) is 14.6. The van der Waals surface area contributed by atoms with Gasteiger partial charge in [-0.15, -0.1) is 0 Å². The van der Waals surface area contributed by atoms with Gasteiger partial charge < -0.3 is 10.2 Å². The van der Waals surface area contributed by atoms with Crippen LogP contribution in [-0.2, 0) is 46.2 Å². The molecule has 0 aliphatic carbocycles. The summed E-state index contributed by atoms with van der Waals surface area (Å²) in [6.45, 7) is -0.888. The van der Waals surface area contributed by atoms with Crippen LogP contribution in [0.15, 0.2) is 77.8 Å². The summed E-state index contributed by atoms with van der Waals surface area (Å²) in [5, 5.41) is 11.1. The van der Waals surface area contributed by atoms with Crippen LogP contribution in [0, 0.1) is 11.2 Å². The number of carbonyl (C=O) groups is 2. The van der Waals surface area contributed by atoms with E-state index in [9.17, 15) is 48.7 Å². The quantitative estimate of drug-likeness (QED) is 0.171. The van der Waals surface area contributed by atoms with Crippen LogP contribution < -0.4 is 10.0 Å². The van der Waals surface area contributed by atoms with Crippen molar-refractivity contribution in [2.24, 2.45) is 0 Å². The van der Waals surface area contributed by atoms with Crippen LogP contribution in [0.5, 0.6) is 0 Å². The van der Waals surface area contributed by atoms with E-state index in [4.69, 9.17) is 5.41 Å². The number of amides is 2. The number of benzene rings is 3. The Labute approximate surface area is 303 Å². The Morgan fingerprint density at radius 3 is 2.41 bits per heavy atom. The van der Waals surface area contributed by atoms with Crippen LogP contribution in [0.2, 0.25) is 0 Å². The van der Waals surface area contributed by atoms with Crippen molar-refractivity contribution in [2.75, 3.05) is 7.05 Å². The third-order valence-corrected chi connectivity index (χ3v) is 10.5. The number of carbonyl (C=O) groups excluding carboxylic acids is 2. The molecule has 3 N–H and O–H groups in total. The van der Waals surface area contributed by atoms with E-state index in [1.54, 1.807) is 6.07 Å². The van der Waals surface area contributed by atoms with Crippen LogP contribution in [0.3, 0.4) is 0 Å². The van der Waals surface area contributed by atoms with E-state index in [1.165, 1.54) is 43.6 Å². The molecule has 2 aliphatic heterocycles. The van der Waals surface area contributed by atoms with Gasteiger partial charge in [0.15, 0.2) is 11.8 Å². The summed E-state index contributed by atoms with van der Waals surface area (Å²) in [5.74, 6) is -3.02. The normalized spacial score (nSPS) is 17.6. The SMILES string of the molecule is CNS(=O)(=O)c1cccc(-c2ncc3c(n2)CN(C(=O)c2cc(CN4C(=N)N[C@](CCCC(F)(F)F)(c5ccc(F)cc5)C4=O)ccc2C(F)(F)F)C3)c1. The maximum Gasteiger partial charge on any atom is 0.417 e. The molecule has 1 atom stereocenters. The van der Waals surface area contributed by atoms with Gasteiger partial charge in [0, 0.05) is 30.3 Å². The summed E-state index contributed by atoms with van der Waals surface area (Å²) in [6.07, 6.45) is -10.3. The summed E-state index contributed by atoms with van der Waals surface area (Å²) in [4.78, 5) is 38.4. The zero-order valence-electron chi connectivity index (χ0n) is 28.1. The Balaban J connectivity index is 1.27. The summed E-state index contributed by atoms with van der Waals surface area (Å²) in [5.41, 5.74) is -2.72. The molecule has 1 fully saturated rings. The van der Waals surface area contributed by atoms with Crippen LogP contribution in [0.1, 0.15) is 57.6 Å². The van der Waals surface area contributed by atoms with E-state index < -0.39 is 88.4 Å². The fraction of sp³-hybridized carbons (Fsp3) is 0.286. The predicted octanol–water partition coefficient (Wildman–Crippen LogP) is 5.86. The molecule has 6 rings (SSSR count). The van der Waals surface area contributed by atoms with Crippen molar-refractivity contribution in [1.29, 1.82) is 5.41 Å². The zero-order chi connectivity index (χ0) is 39.2. The number of halogens is 7. The topological polar surface area (TPSA) is 148 Å². The summed E-state index contributed by atoms with van der Waals surface area (Å²) < 4.78 is 123. The van der Waals surface area contributed by atoms with E-state index in [0.717, 1.165) is 34.1 Å². The molecule has 1 aromatic heterocycles. The minimum Gasteiger partial charge on any atom is -0.338 e. The number of alkyl halides is 6. The average molecular weight is 778 g/mol. The molecule has 284 valence electrons. The average Bonchev–Trinajstić information content (AvgIpc) is 3.65. The molecule has 54 heavy (non-hydrogen) atoms. The second-order valence-electron chi connectivity index (χ2n) is 12.7. The first-order valence-corrected chi connectivity index (χ1v) is 17.7. The maximum atomic E-state index is 14.3. The number of sulfonamides is 1. The van der Waals surface area contributed by atoms with Gasteiger partial charge in [0.25, 0.3) is 11.8 Å². The lowest BCUT2D eigenvalue weighted by Gasteiger charge is -2.28. The lowest BCUT2D eigenvalue weighted by atomic mass is 9.84. The maximum absolute atomic E-state index is 14.3. The minimum atomic E-state index is -4.98. The zero-order valence-corrected chi connectivity index (χ0v) is 29.0. The number of rotatable bonds is 10. The van der Waals surface area contributed by atoms with Gasteiger partial charge in [-0.3, -0.25) is 19.9 Å². The molecule has 19 heteroatoms. The molecule has 0 bridgehead atoms. The standard InChI is InChI=1S/C35H30F7N7O4S/c1-44-54(52,53)25-5-2-4-21(15-25)29-45-16-22-18-48(19-28(22)46-29)30(50)26-14-20(6-11-27(26)35(40,41)42)17-49-31(51)33(47-32(49)43,12-3-13-34(37,38)39)23-7-9-24(36)10-8-23/h2,4-11,14-16,44H,3,12-13,17-19H2,1H3,(H2,43,47)/t33-/m1/s1. The van der Waals surface area contributed by atoms with Crippen LogP contribution in [0.4, 0.5) is 30.7 Å². The highest BCUT2D eigenvalue weighted by Crippen LogP contribution is 2.38.